The van der Waals surface area contributed by atoms with Crippen LogP contribution in [-0.2, 0) is 19.1 Å². The number of anilines is 1. The van der Waals surface area contributed by atoms with Gasteiger partial charge in [-0.1, -0.05) is 0 Å². The van der Waals surface area contributed by atoms with Crippen LogP contribution in [0, 0.1) is 0 Å². The molecule has 0 bridgehead atoms. The lowest BCUT2D eigenvalue weighted by molar-refractivity contribution is 0.374. The van der Waals surface area contributed by atoms with E-state index in [1.165, 1.54) is 33.3 Å². The monoisotopic (exact) mass is 343 g/mol. The Morgan fingerprint density at radius 2 is 1.55 bits per heavy atom. The molecule has 0 aliphatic heterocycles. The SMILES string of the molecule is CCS(=O)(=O)Nc1cc(OC)c(S(=O)(=O)Cl)c(OC)c1. The van der Waals surface area contributed by atoms with Crippen molar-refractivity contribution in [3.05, 3.63) is 12.1 Å². The van der Waals surface area contributed by atoms with Crippen LogP contribution in [0.1, 0.15) is 6.92 Å². The Kier molecular flexibility index (Phi) is 5.11. The van der Waals surface area contributed by atoms with Gasteiger partial charge in [-0.25, -0.2) is 16.8 Å². The zero-order valence-corrected chi connectivity index (χ0v) is 13.4. The van der Waals surface area contributed by atoms with Crippen molar-refractivity contribution in [3.63, 3.8) is 0 Å². The van der Waals surface area contributed by atoms with Gasteiger partial charge in [0.25, 0.3) is 9.05 Å². The number of ether oxygens (including phenoxy) is 2. The molecule has 0 heterocycles. The van der Waals surface area contributed by atoms with Gasteiger partial charge in [0.15, 0.2) is 4.90 Å². The molecule has 1 aromatic carbocycles. The summed E-state index contributed by atoms with van der Waals surface area (Å²) < 4.78 is 58.2. The molecule has 0 radical (unpaired) electrons. The van der Waals surface area contributed by atoms with Crippen LogP contribution in [0.2, 0.25) is 0 Å². The second-order valence-electron chi connectivity index (χ2n) is 3.65. The van der Waals surface area contributed by atoms with E-state index in [9.17, 15) is 16.8 Å². The smallest absolute Gasteiger partial charge is 0.268 e. The third kappa shape index (κ3) is 3.90. The highest BCUT2D eigenvalue weighted by Gasteiger charge is 2.24. The van der Waals surface area contributed by atoms with Crippen LogP contribution in [-0.4, -0.2) is 36.8 Å². The molecule has 7 nitrogen and oxygen atoms in total. The number of halogens is 1. The van der Waals surface area contributed by atoms with Crippen LogP contribution in [0.3, 0.4) is 0 Å². The zero-order chi connectivity index (χ0) is 15.6. The Morgan fingerprint density at radius 3 is 1.85 bits per heavy atom. The molecule has 0 unspecified atom stereocenters. The minimum atomic E-state index is -4.11. The normalized spacial score (nSPS) is 12.0. The van der Waals surface area contributed by atoms with Gasteiger partial charge in [0.1, 0.15) is 11.5 Å². The first kappa shape index (κ1) is 16.9. The van der Waals surface area contributed by atoms with E-state index in [1.54, 1.807) is 0 Å². The molecule has 0 atom stereocenters. The standard InChI is InChI=1S/C10H14ClNO6S2/c1-4-19(13,14)12-7-5-8(17-2)10(20(11,15)16)9(6-7)18-3/h5-6,12H,4H2,1-3H3. The van der Waals surface area contributed by atoms with E-state index in [4.69, 9.17) is 20.2 Å². The molecule has 0 spiro atoms. The Labute approximate surface area is 122 Å². The molecule has 1 rings (SSSR count). The molecule has 1 N–H and O–H groups in total. The van der Waals surface area contributed by atoms with Gasteiger partial charge in [-0.05, 0) is 6.92 Å². The highest BCUT2D eigenvalue weighted by Crippen LogP contribution is 2.38. The van der Waals surface area contributed by atoms with E-state index < -0.39 is 19.1 Å². The van der Waals surface area contributed by atoms with Gasteiger partial charge in [-0.15, -0.1) is 0 Å². The van der Waals surface area contributed by atoms with E-state index in [-0.39, 0.29) is 27.8 Å². The lowest BCUT2D eigenvalue weighted by Crippen LogP contribution is -2.15. The number of methoxy groups -OCH3 is 2. The summed E-state index contributed by atoms with van der Waals surface area (Å²) in [6, 6.07) is 2.43. The average molecular weight is 344 g/mol. The Balaban J connectivity index is 3.49. The fraction of sp³-hybridized carbons (Fsp3) is 0.400. The second-order valence-corrected chi connectivity index (χ2v) is 8.17. The summed E-state index contributed by atoms with van der Waals surface area (Å²) in [4.78, 5) is -0.358. The maximum Gasteiger partial charge on any atom is 0.268 e. The van der Waals surface area contributed by atoms with Crippen molar-refractivity contribution in [3.8, 4) is 11.5 Å². The summed E-state index contributed by atoms with van der Waals surface area (Å²) in [5, 5.41) is 0. The highest BCUT2D eigenvalue weighted by molar-refractivity contribution is 8.14. The van der Waals surface area contributed by atoms with Crippen molar-refractivity contribution >= 4 is 35.4 Å². The zero-order valence-electron chi connectivity index (χ0n) is 11.0. The molecular weight excluding hydrogens is 330 g/mol. The number of nitrogens with one attached hydrogen (secondary N) is 1. The maximum atomic E-state index is 11.5. The molecule has 1 aromatic rings. The molecular formula is C10H14ClNO6S2. The molecule has 0 aliphatic rings. The van der Waals surface area contributed by atoms with Gasteiger partial charge in [-0.3, -0.25) is 4.72 Å². The number of rotatable bonds is 6. The van der Waals surface area contributed by atoms with E-state index in [2.05, 4.69) is 4.72 Å². The summed E-state index contributed by atoms with van der Waals surface area (Å²) >= 11 is 0. The molecule has 0 saturated heterocycles. The number of hydrogen-bond donors (Lipinski definition) is 1. The molecule has 0 amide bonds. The number of hydrogen-bond acceptors (Lipinski definition) is 6. The maximum absolute atomic E-state index is 11.5. The Bertz CT molecular complexity index is 673. The predicted octanol–water partition coefficient (Wildman–Crippen LogP) is 1.39. The average Bonchev–Trinajstić information content (AvgIpc) is 2.35. The summed E-state index contributed by atoms with van der Waals surface area (Å²) in [7, 11) is 0.158. The van der Waals surface area contributed by atoms with Crippen LogP contribution in [0.15, 0.2) is 17.0 Å². The molecule has 0 saturated carbocycles. The first-order chi connectivity index (χ1) is 9.14. The predicted molar refractivity (Wildman–Crippen MR) is 75.7 cm³/mol. The summed E-state index contributed by atoms with van der Waals surface area (Å²) in [5.41, 5.74) is 0.115. The van der Waals surface area contributed by atoms with Crippen molar-refractivity contribution in [2.45, 2.75) is 11.8 Å². The lowest BCUT2D eigenvalue weighted by atomic mass is 10.3. The second kappa shape index (κ2) is 6.06. The Morgan fingerprint density at radius 1 is 1.10 bits per heavy atom. The van der Waals surface area contributed by atoms with E-state index in [0.717, 1.165) is 0 Å². The molecule has 114 valence electrons. The fourth-order valence-corrected chi connectivity index (χ4v) is 3.27. The van der Waals surface area contributed by atoms with Crippen LogP contribution >= 0.6 is 10.7 Å². The quantitative estimate of drug-likeness (QED) is 0.784. The highest BCUT2D eigenvalue weighted by atomic mass is 35.7. The van der Waals surface area contributed by atoms with Gasteiger partial charge in [0, 0.05) is 22.8 Å². The van der Waals surface area contributed by atoms with Crippen molar-refractivity contribution in [1.82, 2.24) is 0 Å². The van der Waals surface area contributed by atoms with E-state index in [0.29, 0.717) is 0 Å². The molecule has 0 aromatic heterocycles. The van der Waals surface area contributed by atoms with E-state index in [1.807, 2.05) is 0 Å². The first-order valence-electron chi connectivity index (χ1n) is 5.35. The lowest BCUT2D eigenvalue weighted by Gasteiger charge is -2.14. The summed E-state index contributed by atoms with van der Waals surface area (Å²) in [5.74, 6) is -0.367. The summed E-state index contributed by atoms with van der Waals surface area (Å²) in [6.07, 6.45) is 0. The number of sulfonamides is 1. The largest absolute Gasteiger partial charge is 0.495 e. The summed E-state index contributed by atoms with van der Waals surface area (Å²) in [6.45, 7) is 1.47. The van der Waals surface area contributed by atoms with Gasteiger partial charge in [0.05, 0.1) is 25.7 Å². The van der Waals surface area contributed by atoms with Crippen molar-refractivity contribution < 1.29 is 26.3 Å². The van der Waals surface area contributed by atoms with Gasteiger partial charge < -0.3 is 9.47 Å². The van der Waals surface area contributed by atoms with Crippen molar-refractivity contribution in [1.29, 1.82) is 0 Å². The molecule has 0 fully saturated rings. The minimum absolute atomic E-state index is 0.115. The third-order valence-corrected chi connectivity index (χ3v) is 5.02. The first-order valence-corrected chi connectivity index (χ1v) is 9.32. The topological polar surface area (TPSA) is 98.8 Å². The van der Waals surface area contributed by atoms with Crippen LogP contribution in [0.25, 0.3) is 0 Å². The van der Waals surface area contributed by atoms with Gasteiger partial charge in [-0.2, -0.15) is 0 Å². The number of benzene rings is 1. The van der Waals surface area contributed by atoms with Crippen LogP contribution in [0.5, 0.6) is 11.5 Å². The fourth-order valence-electron chi connectivity index (χ4n) is 1.43. The van der Waals surface area contributed by atoms with Crippen LogP contribution in [0.4, 0.5) is 5.69 Å². The third-order valence-electron chi connectivity index (χ3n) is 2.36. The van der Waals surface area contributed by atoms with Crippen molar-refractivity contribution in [2.75, 3.05) is 24.7 Å². The van der Waals surface area contributed by atoms with Gasteiger partial charge in [0.2, 0.25) is 10.0 Å². The Hall–Kier alpha value is -1.19. The van der Waals surface area contributed by atoms with Crippen LogP contribution < -0.4 is 14.2 Å². The van der Waals surface area contributed by atoms with E-state index >= 15 is 0 Å². The molecule has 20 heavy (non-hydrogen) atoms. The minimum Gasteiger partial charge on any atom is -0.495 e. The molecule has 0 aliphatic carbocycles. The van der Waals surface area contributed by atoms with Gasteiger partial charge >= 0.3 is 0 Å². The van der Waals surface area contributed by atoms with Crippen molar-refractivity contribution in [2.24, 2.45) is 0 Å². The molecule has 10 heteroatoms.